The quantitative estimate of drug-likeness (QED) is 0.283. The molecule has 1 rings (SSSR count). The fourth-order valence-corrected chi connectivity index (χ4v) is 1.92. The van der Waals surface area contributed by atoms with Gasteiger partial charge in [0, 0.05) is 25.6 Å². The Morgan fingerprint density at radius 1 is 1.13 bits per heavy atom. The molecular weight excluding hydrogens is 308 g/mol. The maximum atomic E-state index is 9.95. The maximum absolute atomic E-state index is 9.95. The average Bonchev–Trinajstić information content (AvgIpc) is 2.46. The van der Waals surface area contributed by atoms with Crippen molar-refractivity contribution in [3.05, 3.63) is 23.8 Å². The van der Waals surface area contributed by atoms with E-state index < -0.39 is 24.5 Å². The number of hydrogen-bond acceptors (Lipinski definition) is 9. The van der Waals surface area contributed by atoms with Crippen LogP contribution in [-0.2, 0) is 11.2 Å². The highest BCUT2D eigenvalue weighted by atomic mass is 16.7. The molecule has 3 atom stereocenters. The highest BCUT2D eigenvalue weighted by Gasteiger charge is 2.22. The molecule has 1 heterocycles. The van der Waals surface area contributed by atoms with Gasteiger partial charge in [0.15, 0.2) is 6.29 Å². The molecule has 0 aromatic carbocycles. The molecule has 0 radical (unpaired) electrons. The van der Waals surface area contributed by atoms with Crippen LogP contribution in [0.5, 0.6) is 0 Å². The molecule has 0 aliphatic carbocycles. The maximum Gasteiger partial charge on any atom is 0.275 e. The van der Waals surface area contributed by atoms with Crippen LogP contribution in [0.2, 0.25) is 0 Å². The van der Waals surface area contributed by atoms with E-state index >= 15 is 0 Å². The standard InChI is InChI=1S/C14H24N2O7/c1-2-23-13(19)12(18)6-11(17)10-8-15-9(7-16-10)4-3-5-14(20,21)22/h7-8,11-13,17-22H,2-6H2,1H3. The second-order valence-corrected chi connectivity index (χ2v) is 5.23. The number of aliphatic hydroxyl groups is 6. The Morgan fingerprint density at radius 3 is 2.35 bits per heavy atom. The number of nitrogens with zero attached hydrogens (tertiary/aromatic N) is 2. The Hall–Kier alpha value is -1.20. The van der Waals surface area contributed by atoms with Crippen LogP contribution >= 0.6 is 0 Å². The van der Waals surface area contributed by atoms with Crippen molar-refractivity contribution in [3.63, 3.8) is 0 Å². The smallest absolute Gasteiger partial charge is 0.275 e. The molecule has 9 heteroatoms. The number of ether oxygens (including phenoxy) is 1. The van der Waals surface area contributed by atoms with Gasteiger partial charge >= 0.3 is 0 Å². The van der Waals surface area contributed by atoms with Crippen molar-refractivity contribution in [1.29, 1.82) is 0 Å². The topological polar surface area (TPSA) is 156 Å². The van der Waals surface area contributed by atoms with Gasteiger partial charge in [-0.1, -0.05) is 0 Å². The van der Waals surface area contributed by atoms with Gasteiger partial charge in [-0.05, 0) is 19.8 Å². The molecule has 3 unspecified atom stereocenters. The van der Waals surface area contributed by atoms with Crippen LogP contribution < -0.4 is 0 Å². The van der Waals surface area contributed by atoms with Gasteiger partial charge in [-0.3, -0.25) is 9.97 Å². The lowest BCUT2D eigenvalue weighted by atomic mass is 10.1. The zero-order valence-electron chi connectivity index (χ0n) is 12.9. The van der Waals surface area contributed by atoms with Gasteiger partial charge in [0.05, 0.1) is 17.6 Å². The van der Waals surface area contributed by atoms with Crippen LogP contribution in [0.4, 0.5) is 0 Å². The average molecular weight is 332 g/mol. The summed E-state index contributed by atoms with van der Waals surface area (Å²) in [6, 6.07) is 0. The summed E-state index contributed by atoms with van der Waals surface area (Å²) in [5, 5.41) is 55.4. The summed E-state index contributed by atoms with van der Waals surface area (Å²) in [6.45, 7) is 1.91. The molecule has 6 N–H and O–H groups in total. The first-order chi connectivity index (χ1) is 10.7. The van der Waals surface area contributed by atoms with E-state index in [4.69, 9.17) is 20.1 Å². The van der Waals surface area contributed by atoms with Crippen molar-refractivity contribution in [2.45, 2.75) is 57.1 Å². The summed E-state index contributed by atoms with van der Waals surface area (Å²) in [5.41, 5.74) is 0.789. The second-order valence-electron chi connectivity index (χ2n) is 5.23. The van der Waals surface area contributed by atoms with Crippen molar-refractivity contribution in [2.24, 2.45) is 0 Å². The monoisotopic (exact) mass is 332 g/mol. The normalized spacial score (nSPS) is 16.1. The number of aliphatic hydroxyl groups excluding tert-OH is 3. The Kier molecular flexibility index (Phi) is 7.92. The zero-order valence-corrected chi connectivity index (χ0v) is 12.9. The Morgan fingerprint density at radius 2 is 1.83 bits per heavy atom. The first-order valence-electron chi connectivity index (χ1n) is 7.36. The summed E-state index contributed by atoms with van der Waals surface area (Å²) < 4.78 is 4.83. The molecule has 1 aromatic heterocycles. The summed E-state index contributed by atoms with van der Waals surface area (Å²) in [4.78, 5) is 8.08. The molecule has 9 nitrogen and oxygen atoms in total. The van der Waals surface area contributed by atoms with E-state index in [9.17, 15) is 15.3 Å². The Labute approximate surface area is 133 Å². The van der Waals surface area contributed by atoms with Crippen LogP contribution in [0.15, 0.2) is 12.4 Å². The van der Waals surface area contributed by atoms with Gasteiger partial charge in [-0.15, -0.1) is 0 Å². The summed E-state index contributed by atoms with van der Waals surface area (Å²) in [7, 11) is 0. The van der Waals surface area contributed by atoms with Crippen LogP contribution in [-0.4, -0.2) is 65.6 Å². The van der Waals surface area contributed by atoms with Gasteiger partial charge in [0.1, 0.15) is 12.2 Å². The molecule has 0 saturated heterocycles. The van der Waals surface area contributed by atoms with E-state index in [0.29, 0.717) is 18.5 Å². The van der Waals surface area contributed by atoms with E-state index in [1.807, 2.05) is 0 Å². The van der Waals surface area contributed by atoms with Crippen molar-refractivity contribution in [1.82, 2.24) is 9.97 Å². The van der Waals surface area contributed by atoms with Crippen molar-refractivity contribution in [3.8, 4) is 0 Å². The highest BCUT2D eigenvalue weighted by Crippen LogP contribution is 2.18. The minimum atomic E-state index is -2.69. The van der Waals surface area contributed by atoms with Gasteiger partial charge < -0.3 is 35.4 Å². The predicted molar refractivity (Wildman–Crippen MR) is 77.6 cm³/mol. The largest absolute Gasteiger partial charge is 0.388 e. The Balaban J connectivity index is 2.49. The van der Waals surface area contributed by atoms with E-state index in [2.05, 4.69) is 9.97 Å². The van der Waals surface area contributed by atoms with Gasteiger partial charge in [0.25, 0.3) is 5.97 Å². The van der Waals surface area contributed by atoms with Gasteiger partial charge in [-0.2, -0.15) is 0 Å². The number of rotatable bonds is 10. The molecule has 23 heavy (non-hydrogen) atoms. The molecule has 1 aromatic rings. The fraction of sp³-hybridized carbons (Fsp3) is 0.714. The minimum absolute atomic E-state index is 0.156. The summed E-state index contributed by atoms with van der Waals surface area (Å²) in [5.74, 6) is -2.69. The van der Waals surface area contributed by atoms with E-state index in [1.165, 1.54) is 12.4 Å². The Bertz CT molecular complexity index is 449. The highest BCUT2D eigenvalue weighted by molar-refractivity contribution is 5.05. The summed E-state index contributed by atoms with van der Waals surface area (Å²) >= 11 is 0. The van der Waals surface area contributed by atoms with Crippen LogP contribution in [0, 0.1) is 0 Å². The SMILES string of the molecule is CCOC(O)C(O)CC(O)c1cnc(CCCC(O)(O)O)cn1. The van der Waals surface area contributed by atoms with Crippen LogP contribution in [0.25, 0.3) is 0 Å². The second kappa shape index (κ2) is 9.18. The van der Waals surface area contributed by atoms with Crippen molar-refractivity contribution >= 4 is 0 Å². The van der Waals surface area contributed by atoms with Gasteiger partial charge in [0.2, 0.25) is 0 Å². The van der Waals surface area contributed by atoms with Crippen LogP contribution in [0.1, 0.15) is 43.7 Å². The predicted octanol–water partition coefficient (Wildman–Crippen LogP) is -1.43. The lowest BCUT2D eigenvalue weighted by Crippen LogP contribution is -2.30. The molecule has 0 fully saturated rings. The third kappa shape index (κ3) is 7.75. The first-order valence-corrected chi connectivity index (χ1v) is 7.36. The van der Waals surface area contributed by atoms with E-state index in [-0.39, 0.29) is 25.1 Å². The lowest BCUT2D eigenvalue weighted by molar-refractivity contribution is -0.314. The van der Waals surface area contributed by atoms with Gasteiger partial charge in [-0.25, -0.2) is 0 Å². The molecule has 132 valence electrons. The third-order valence-electron chi connectivity index (χ3n) is 3.14. The molecule has 0 aliphatic rings. The molecule has 0 bridgehead atoms. The number of hydrogen-bond donors (Lipinski definition) is 6. The van der Waals surface area contributed by atoms with E-state index in [0.717, 1.165) is 0 Å². The zero-order chi connectivity index (χ0) is 17.5. The van der Waals surface area contributed by atoms with Crippen molar-refractivity contribution in [2.75, 3.05) is 6.61 Å². The first kappa shape index (κ1) is 19.8. The molecule has 0 spiro atoms. The lowest BCUT2D eigenvalue weighted by Gasteiger charge is -2.20. The molecular formula is C14H24N2O7. The number of aromatic nitrogens is 2. The van der Waals surface area contributed by atoms with E-state index in [1.54, 1.807) is 6.92 Å². The third-order valence-corrected chi connectivity index (χ3v) is 3.14. The molecule has 0 saturated carbocycles. The minimum Gasteiger partial charge on any atom is -0.388 e. The fourth-order valence-electron chi connectivity index (χ4n) is 1.92. The van der Waals surface area contributed by atoms with Crippen molar-refractivity contribution < 1.29 is 35.4 Å². The molecule has 0 amide bonds. The summed E-state index contributed by atoms with van der Waals surface area (Å²) in [6.07, 6.45) is -0.700. The number of aryl methyl sites for hydroxylation is 1. The van der Waals surface area contributed by atoms with Crippen LogP contribution in [0.3, 0.4) is 0 Å². The molecule has 0 aliphatic heterocycles.